The van der Waals surface area contributed by atoms with Crippen molar-refractivity contribution in [3.8, 4) is 11.8 Å². The van der Waals surface area contributed by atoms with E-state index < -0.39 is 95.0 Å². The number of fused-ring (bicyclic) bond motifs is 5. The molecular weight excluding hydrogens is 773 g/mol. The number of Topliss-reactive ketones (excluding diaryl/α,β-unsaturated/α-hetero) is 1. The maximum absolute atomic E-state index is 14.5. The third kappa shape index (κ3) is 11.5. The Kier molecular flexibility index (Phi) is 15.9. The van der Waals surface area contributed by atoms with Gasteiger partial charge in [0.2, 0.25) is 5.91 Å². The van der Waals surface area contributed by atoms with E-state index in [9.17, 15) is 37.8 Å². The second-order valence-electron chi connectivity index (χ2n) is 17.0. The van der Waals surface area contributed by atoms with E-state index in [1.165, 1.54) is 39.0 Å². The number of carbonyl (C=O) groups excluding carboxylic acids is 3. The third-order valence-electron chi connectivity index (χ3n) is 11.9. The molecule has 15 heteroatoms. The van der Waals surface area contributed by atoms with Gasteiger partial charge in [0.05, 0.1) is 42.7 Å². The van der Waals surface area contributed by atoms with Crippen LogP contribution in [0.4, 0.5) is 13.2 Å². The van der Waals surface area contributed by atoms with Gasteiger partial charge in [0.1, 0.15) is 23.7 Å². The van der Waals surface area contributed by atoms with Crippen molar-refractivity contribution in [3.05, 3.63) is 47.0 Å². The monoisotopic (exact) mass is 834 g/mol. The molecule has 3 fully saturated rings. The number of aliphatic imine (C=N–C) groups is 1. The number of benzene rings is 1. The molecule has 2 N–H and O–H groups in total. The average Bonchev–Trinajstić information content (AvgIpc) is 3.17. The third-order valence-corrected chi connectivity index (χ3v) is 11.9. The Bertz CT molecular complexity index is 1780. The van der Waals surface area contributed by atoms with E-state index in [0.717, 1.165) is 12.1 Å². The molecule has 328 valence electrons. The number of cyclic esters (lactones) is 1. The first-order valence-electron chi connectivity index (χ1n) is 20.2. The minimum atomic E-state index is -4.50. The average molecular weight is 835 g/mol. The highest BCUT2D eigenvalue weighted by Gasteiger charge is 2.53. The van der Waals surface area contributed by atoms with Gasteiger partial charge in [-0.3, -0.25) is 14.4 Å². The quantitative estimate of drug-likeness (QED) is 0.223. The van der Waals surface area contributed by atoms with Crippen LogP contribution in [0.2, 0.25) is 0 Å². The number of nitrogens with zero attached hydrogens (tertiary/aromatic N) is 2. The molecule has 3 aliphatic heterocycles. The van der Waals surface area contributed by atoms with Crippen LogP contribution in [0.1, 0.15) is 92.7 Å². The van der Waals surface area contributed by atoms with Gasteiger partial charge in [0.15, 0.2) is 12.1 Å². The fourth-order valence-corrected chi connectivity index (χ4v) is 8.62. The molecule has 0 aliphatic carbocycles. The SMILES string of the molecule is CC[C@@H]1OC(=O)[C@H](C)C(=O)[C@H](C)C(O[C@@H]2O[C@H](C)C[C@H](N(C)C)C2O)[C@@]2(C)CC(C)C(=NC(C)=O)C(C)C(OC/C(=C/C#Cc3ccc(C(F)(F)F)cc3)CO2)[C@]1(C)O. The molecule has 1 aromatic rings. The minimum absolute atomic E-state index is 0.0939. The van der Waals surface area contributed by atoms with Gasteiger partial charge in [-0.15, -0.1) is 0 Å². The Morgan fingerprint density at radius 2 is 1.71 bits per heavy atom. The number of carbonyl (C=O) groups is 3. The van der Waals surface area contributed by atoms with Crippen molar-refractivity contribution in [2.24, 2.45) is 28.7 Å². The molecule has 3 aliphatic rings. The van der Waals surface area contributed by atoms with Gasteiger partial charge in [-0.1, -0.05) is 39.5 Å². The minimum Gasteiger partial charge on any atom is -0.459 e. The molecule has 13 atom stereocenters. The Labute approximate surface area is 345 Å². The topological polar surface area (TPSA) is 153 Å². The lowest BCUT2D eigenvalue weighted by Crippen LogP contribution is -2.60. The standard InChI is InChI=1S/C44H61F3N2O10/c1-12-34-43(9,54)39-26(4)35(48-29(7)50)24(2)21-42(8,56-23-31(22-55-39)15-13-14-30-16-18-32(19-17-30)44(45,46)47)38(27(5)36(51)28(6)40(53)58-34)59-41-37(52)33(49(10)11)20-25(3)57-41/h15-19,24-28,33-34,37-39,41,52,54H,12,20-23H2,1-11H3/b31-15-,48-35?/t24?,25-,26?,27+,28-,33+,34+,37?,38?,39?,41+,42-,43-/m1/s1. The van der Waals surface area contributed by atoms with Crippen LogP contribution in [0.3, 0.4) is 0 Å². The van der Waals surface area contributed by atoms with E-state index in [1.54, 1.807) is 27.7 Å². The van der Waals surface area contributed by atoms with Gasteiger partial charge in [0.25, 0.3) is 0 Å². The highest BCUT2D eigenvalue weighted by Crippen LogP contribution is 2.40. The Morgan fingerprint density at radius 1 is 1.07 bits per heavy atom. The number of hydrogen-bond acceptors (Lipinski definition) is 11. The van der Waals surface area contributed by atoms with Crippen LogP contribution in [-0.4, -0.2) is 120 Å². The maximum Gasteiger partial charge on any atom is 0.416 e. The lowest BCUT2D eigenvalue weighted by Gasteiger charge is -2.47. The van der Waals surface area contributed by atoms with Gasteiger partial charge in [-0.05, 0) is 103 Å². The second kappa shape index (κ2) is 19.5. The molecule has 3 heterocycles. The van der Waals surface area contributed by atoms with E-state index in [0.29, 0.717) is 23.3 Å². The lowest BCUT2D eigenvalue weighted by molar-refractivity contribution is -0.296. The van der Waals surface area contributed by atoms with Crippen molar-refractivity contribution < 1.29 is 61.5 Å². The van der Waals surface area contributed by atoms with E-state index >= 15 is 0 Å². The summed E-state index contributed by atoms with van der Waals surface area (Å²) in [5, 5.41) is 24.0. The number of aliphatic hydroxyl groups excluding tert-OH is 1. The van der Waals surface area contributed by atoms with Crippen LogP contribution in [0, 0.1) is 35.5 Å². The summed E-state index contributed by atoms with van der Waals surface area (Å²) < 4.78 is 71.9. The molecule has 0 radical (unpaired) electrons. The molecule has 59 heavy (non-hydrogen) atoms. The number of allylic oxidation sites excluding steroid dienone is 1. The molecule has 1 aromatic carbocycles. The Balaban J connectivity index is 1.96. The first-order valence-corrected chi connectivity index (χ1v) is 20.2. The number of halogens is 3. The van der Waals surface area contributed by atoms with Gasteiger partial charge in [0, 0.05) is 36.1 Å². The van der Waals surface area contributed by atoms with Crippen LogP contribution in [-0.2, 0) is 44.2 Å². The van der Waals surface area contributed by atoms with Gasteiger partial charge in [-0.25, -0.2) is 4.99 Å². The highest BCUT2D eigenvalue weighted by atomic mass is 19.4. The summed E-state index contributed by atoms with van der Waals surface area (Å²) in [6.45, 7) is 14.4. The molecular formula is C44H61F3N2O10. The van der Waals surface area contributed by atoms with Gasteiger partial charge in [-0.2, -0.15) is 13.2 Å². The number of likely N-dealkylation sites (N-methyl/N-ethyl adjacent to an activating group) is 1. The summed E-state index contributed by atoms with van der Waals surface area (Å²) in [6, 6.07) is 4.06. The number of aliphatic hydroxyl groups is 2. The summed E-state index contributed by atoms with van der Waals surface area (Å²) in [7, 11) is 3.67. The molecule has 3 saturated heterocycles. The summed E-state index contributed by atoms with van der Waals surface area (Å²) >= 11 is 0. The smallest absolute Gasteiger partial charge is 0.416 e. The molecule has 0 saturated carbocycles. The molecule has 4 rings (SSSR count). The van der Waals surface area contributed by atoms with E-state index in [1.807, 2.05) is 32.8 Å². The fourth-order valence-electron chi connectivity index (χ4n) is 8.62. The number of ether oxygens (including phenoxy) is 5. The summed E-state index contributed by atoms with van der Waals surface area (Å²) in [4.78, 5) is 47.4. The lowest BCUT2D eigenvalue weighted by atomic mass is 9.73. The van der Waals surface area contributed by atoms with Crippen molar-refractivity contribution in [2.75, 3.05) is 27.3 Å². The predicted octanol–water partition coefficient (Wildman–Crippen LogP) is 5.55. The van der Waals surface area contributed by atoms with Crippen LogP contribution in [0.25, 0.3) is 0 Å². The molecule has 0 aromatic heterocycles. The number of alkyl halides is 3. The molecule has 5 unspecified atom stereocenters. The molecule has 0 spiro atoms. The molecule has 1 amide bonds. The van der Waals surface area contributed by atoms with Gasteiger partial charge >= 0.3 is 12.1 Å². The van der Waals surface area contributed by atoms with Crippen molar-refractivity contribution >= 4 is 23.4 Å². The largest absolute Gasteiger partial charge is 0.459 e. The van der Waals surface area contributed by atoms with Crippen LogP contribution >= 0.6 is 0 Å². The van der Waals surface area contributed by atoms with Crippen molar-refractivity contribution in [2.45, 2.75) is 142 Å². The Morgan fingerprint density at radius 3 is 2.29 bits per heavy atom. The van der Waals surface area contributed by atoms with Crippen LogP contribution in [0.15, 0.2) is 40.9 Å². The zero-order chi connectivity index (χ0) is 44.2. The number of amides is 1. The maximum atomic E-state index is 14.5. The fraction of sp³-hybridized carbons (Fsp3) is 0.682. The highest BCUT2D eigenvalue weighted by molar-refractivity contribution is 6.00. The molecule has 2 bridgehead atoms. The van der Waals surface area contributed by atoms with E-state index in [-0.39, 0.29) is 38.2 Å². The zero-order valence-electron chi connectivity index (χ0n) is 36.0. The first-order chi connectivity index (χ1) is 27.4. The number of esters is 1. The van der Waals surface area contributed by atoms with Crippen LogP contribution in [0.5, 0.6) is 0 Å². The van der Waals surface area contributed by atoms with E-state index in [2.05, 4.69) is 16.8 Å². The molecule has 12 nitrogen and oxygen atoms in total. The zero-order valence-corrected chi connectivity index (χ0v) is 36.0. The van der Waals surface area contributed by atoms with Gasteiger partial charge < -0.3 is 38.8 Å². The van der Waals surface area contributed by atoms with Crippen molar-refractivity contribution in [1.82, 2.24) is 4.90 Å². The van der Waals surface area contributed by atoms with Crippen LogP contribution < -0.4 is 0 Å². The second-order valence-corrected chi connectivity index (χ2v) is 17.0. The Hall–Kier alpha value is -3.49. The summed E-state index contributed by atoms with van der Waals surface area (Å²) in [5.74, 6) is 0.148. The number of rotatable bonds is 4. The summed E-state index contributed by atoms with van der Waals surface area (Å²) in [6.07, 6.45) is -8.46. The first kappa shape index (κ1) is 48.2. The normalized spacial score (nSPS) is 38.2. The van der Waals surface area contributed by atoms with E-state index in [4.69, 9.17) is 23.7 Å². The van der Waals surface area contributed by atoms with Crippen molar-refractivity contribution in [3.63, 3.8) is 0 Å². The summed E-state index contributed by atoms with van der Waals surface area (Å²) in [5.41, 5.74) is -3.00. The van der Waals surface area contributed by atoms with Crippen molar-refractivity contribution in [1.29, 1.82) is 0 Å². The number of hydrogen-bond donors (Lipinski definition) is 2. The predicted molar refractivity (Wildman–Crippen MR) is 213 cm³/mol. The number of ketones is 1.